The van der Waals surface area contributed by atoms with Gasteiger partial charge in [-0.25, -0.2) is 0 Å². The molecular weight excluding hydrogens is 178 g/mol. The third-order valence-corrected chi connectivity index (χ3v) is 4.09. The number of carbonyl (C=O) groups is 1. The molecular formula is C11H19NO2. The van der Waals surface area contributed by atoms with Crippen molar-refractivity contribution < 1.29 is 9.53 Å². The molecule has 0 bridgehead atoms. The Bertz CT molecular complexity index is 252. The van der Waals surface area contributed by atoms with Crippen molar-refractivity contribution in [2.45, 2.75) is 26.7 Å². The lowest BCUT2D eigenvalue weighted by molar-refractivity contribution is -0.149. The van der Waals surface area contributed by atoms with Crippen LogP contribution in [0.25, 0.3) is 0 Å². The van der Waals surface area contributed by atoms with Crippen LogP contribution in [0, 0.1) is 10.8 Å². The molecule has 0 aromatic carbocycles. The Balaban J connectivity index is 2.25. The van der Waals surface area contributed by atoms with Crippen LogP contribution in [0.5, 0.6) is 0 Å². The highest BCUT2D eigenvalue weighted by molar-refractivity contribution is 5.80. The number of esters is 1. The quantitative estimate of drug-likeness (QED) is 0.548. The molecule has 0 aliphatic carbocycles. The van der Waals surface area contributed by atoms with Crippen LogP contribution in [0.2, 0.25) is 0 Å². The molecule has 0 amide bonds. The van der Waals surface area contributed by atoms with Gasteiger partial charge in [-0.05, 0) is 33.0 Å². The molecule has 2 rings (SSSR count). The largest absolute Gasteiger partial charge is 0.465 e. The molecule has 0 N–H and O–H groups in total. The second kappa shape index (κ2) is 2.96. The molecule has 1 spiro atoms. The lowest BCUT2D eigenvalue weighted by Gasteiger charge is -2.42. The van der Waals surface area contributed by atoms with Crippen molar-refractivity contribution in [2.24, 2.45) is 10.8 Å². The molecule has 2 heterocycles. The normalized spacial score (nSPS) is 30.6. The van der Waals surface area contributed by atoms with Gasteiger partial charge < -0.3 is 9.64 Å². The fourth-order valence-corrected chi connectivity index (χ4v) is 2.68. The smallest absolute Gasteiger partial charge is 0.312 e. The Kier molecular flexibility index (Phi) is 2.11. The van der Waals surface area contributed by atoms with Crippen molar-refractivity contribution in [1.29, 1.82) is 0 Å². The van der Waals surface area contributed by atoms with Crippen molar-refractivity contribution in [3.8, 4) is 0 Å². The average Bonchev–Trinajstić information content (AvgIpc) is 2.35. The first kappa shape index (κ1) is 9.97. The standard InChI is InChI=1S/C11H19NO2/c1-10(2)8-14-9(13)11(10)4-6-12(3)7-5-11/h4-8H2,1-3H3. The van der Waals surface area contributed by atoms with Gasteiger partial charge in [0.15, 0.2) is 0 Å². The Morgan fingerprint density at radius 3 is 2.29 bits per heavy atom. The van der Waals surface area contributed by atoms with Gasteiger partial charge in [0.2, 0.25) is 0 Å². The Hall–Kier alpha value is -0.570. The van der Waals surface area contributed by atoms with E-state index in [-0.39, 0.29) is 16.8 Å². The van der Waals surface area contributed by atoms with Gasteiger partial charge in [-0.1, -0.05) is 13.8 Å². The fraction of sp³-hybridized carbons (Fsp3) is 0.909. The number of piperidine rings is 1. The zero-order valence-corrected chi connectivity index (χ0v) is 9.30. The van der Waals surface area contributed by atoms with E-state index < -0.39 is 0 Å². The Morgan fingerprint density at radius 2 is 1.86 bits per heavy atom. The third-order valence-electron chi connectivity index (χ3n) is 4.09. The van der Waals surface area contributed by atoms with Crippen LogP contribution < -0.4 is 0 Å². The second-order valence-electron chi connectivity index (χ2n) is 5.35. The SMILES string of the molecule is CN1CCC2(CC1)C(=O)OCC2(C)C. The number of rotatable bonds is 0. The van der Waals surface area contributed by atoms with Crippen molar-refractivity contribution >= 4 is 5.97 Å². The maximum absolute atomic E-state index is 11.8. The first-order valence-corrected chi connectivity index (χ1v) is 5.34. The van der Waals surface area contributed by atoms with Gasteiger partial charge in [-0.2, -0.15) is 0 Å². The van der Waals surface area contributed by atoms with E-state index in [0.29, 0.717) is 6.61 Å². The zero-order valence-electron chi connectivity index (χ0n) is 9.30. The Labute approximate surface area is 85.4 Å². The topological polar surface area (TPSA) is 29.5 Å². The highest BCUT2D eigenvalue weighted by Gasteiger charge is 2.57. The van der Waals surface area contributed by atoms with Gasteiger partial charge in [-0.3, -0.25) is 4.79 Å². The number of ether oxygens (including phenoxy) is 1. The molecule has 3 heteroatoms. The van der Waals surface area contributed by atoms with Crippen LogP contribution >= 0.6 is 0 Å². The summed E-state index contributed by atoms with van der Waals surface area (Å²) in [4.78, 5) is 14.1. The average molecular weight is 197 g/mol. The summed E-state index contributed by atoms with van der Waals surface area (Å²) in [6.45, 7) is 6.93. The molecule has 0 radical (unpaired) electrons. The molecule has 0 aromatic rings. The lowest BCUT2D eigenvalue weighted by atomic mass is 9.62. The summed E-state index contributed by atoms with van der Waals surface area (Å²) in [6.07, 6.45) is 1.91. The third kappa shape index (κ3) is 1.18. The minimum atomic E-state index is -0.195. The van der Waals surface area contributed by atoms with Gasteiger partial charge in [-0.15, -0.1) is 0 Å². The number of carbonyl (C=O) groups excluding carboxylic acids is 1. The van der Waals surface area contributed by atoms with Crippen LogP contribution in [0.1, 0.15) is 26.7 Å². The predicted octanol–water partition coefficient (Wildman–Crippen LogP) is 1.28. The molecule has 2 aliphatic rings. The summed E-state index contributed by atoms with van der Waals surface area (Å²) >= 11 is 0. The molecule has 14 heavy (non-hydrogen) atoms. The maximum atomic E-state index is 11.8. The molecule has 0 aromatic heterocycles. The van der Waals surface area contributed by atoms with Crippen LogP contribution in [-0.4, -0.2) is 37.6 Å². The molecule has 2 aliphatic heterocycles. The van der Waals surface area contributed by atoms with E-state index in [1.165, 1.54) is 0 Å². The predicted molar refractivity (Wildman–Crippen MR) is 53.9 cm³/mol. The van der Waals surface area contributed by atoms with E-state index in [0.717, 1.165) is 25.9 Å². The van der Waals surface area contributed by atoms with E-state index in [9.17, 15) is 4.79 Å². The molecule has 0 unspecified atom stereocenters. The van der Waals surface area contributed by atoms with Gasteiger partial charge >= 0.3 is 5.97 Å². The van der Waals surface area contributed by atoms with E-state index in [1.54, 1.807) is 0 Å². The summed E-state index contributed by atoms with van der Waals surface area (Å²) < 4.78 is 5.24. The summed E-state index contributed by atoms with van der Waals surface area (Å²) in [7, 11) is 2.11. The summed E-state index contributed by atoms with van der Waals surface area (Å²) in [6, 6.07) is 0. The number of nitrogens with zero attached hydrogens (tertiary/aromatic N) is 1. The van der Waals surface area contributed by atoms with Gasteiger partial charge in [0.05, 0.1) is 12.0 Å². The van der Waals surface area contributed by atoms with E-state index >= 15 is 0 Å². The first-order valence-electron chi connectivity index (χ1n) is 5.34. The molecule has 0 atom stereocenters. The lowest BCUT2D eigenvalue weighted by Crippen LogP contribution is -2.47. The second-order valence-corrected chi connectivity index (χ2v) is 5.35. The number of hydrogen-bond donors (Lipinski definition) is 0. The van der Waals surface area contributed by atoms with E-state index in [2.05, 4.69) is 25.8 Å². The maximum Gasteiger partial charge on any atom is 0.312 e. The number of hydrogen-bond acceptors (Lipinski definition) is 3. The van der Waals surface area contributed by atoms with Crippen molar-refractivity contribution in [3.05, 3.63) is 0 Å². The fourth-order valence-electron chi connectivity index (χ4n) is 2.68. The van der Waals surface area contributed by atoms with Crippen LogP contribution in [0.3, 0.4) is 0 Å². The summed E-state index contributed by atoms with van der Waals surface area (Å²) in [5.74, 6) is 0.0376. The molecule has 2 fully saturated rings. The van der Waals surface area contributed by atoms with Crippen LogP contribution in [-0.2, 0) is 9.53 Å². The molecule has 80 valence electrons. The number of likely N-dealkylation sites (tertiary alicyclic amines) is 1. The highest BCUT2D eigenvalue weighted by atomic mass is 16.5. The van der Waals surface area contributed by atoms with Gasteiger partial charge in [0, 0.05) is 5.41 Å². The first-order chi connectivity index (χ1) is 6.48. The molecule has 3 nitrogen and oxygen atoms in total. The zero-order chi connectivity index (χ0) is 10.4. The minimum absolute atomic E-state index is 0.0192. The Morgan fingerprint density at radius 1 is 1.29 bits per heavy atom. The summed E-state index contributed by atoms with van der Waals surface area (Å²) in [5, 5.41) is 0. The van der Waals surface area contributed by atoms with Gasteiger partial charge in [0.1, 0.15) is 0 Å². The van der Waals surface area contributed by atoms with Gasteiger partial charge in [0.25, 0.3) is 0 Å². The summed E-state index contributed by atoms with van der Waals surface area (Å²) in [5.41, 5.74) is -0.176. The van der Waals surface area contributed by atoms with Crippen molar-refractivity contribution in [2.75, 3.05) is 26.7 Å². The number of cyclic esters (lactones) is 1. The van der Waals surface area contributed by atoms with Crippen molar-refractivity contribution in [3.63, 3.8) is 0 Å². The van der Waals surface area contributed by atoms with E-state index in [4.69, 9.17) is 4.74 Å². The van der Waals surface area contributed by atoms with E-state index in [1.807, 2.05) is 0 Å². The van der Waals surface area contributed by atoms with Crippen molar-refractivity contribution in [1.82, 2.24) is 4.90 Å². The van der Waals surface area contributed by atoms with Crippen LogP contribution in [0.15, 0.2) is 0 Å². The minimum Gasteiger partial charge on any atom is -0.465 e. The highest BCUT2D eigenvalue weighted by Crippen LogP contribution is 2.52. The molecule has 0 saturated carbocycles. The molecule has 2 saturated heterocycles. The van der Waals surface area contributed by atoms with Crippen LogP contribution in [0.4, 0.5) is 0 Å². The monoisotopic (exact) mass is 197 g/mol.